The van der Waals surface area contributed by atoms with E-state index < -0.39 is 12.0 Å². The first-order valence-corrected chi connectivity index (χ1v) is 7.27. The smallest absolute Gasteiger partial charge is 0.331 e. The molecule has 1 aromatic heterocycles. The lowest BCUT2D eigenvalue weighted by Gasteiger charge is -2.34. The van der Waals surface area contributed by atoms with E-state index in [0.717, 1.165) is 10.4 Å². The lowest BCUT2D eigenvalue weighted by Crippen LogP contribution is -2.44. The molecule has 110 valence electrons. The summed E-state index contributed by atoms with van der Waals surface area (Å²) in [5.74, 6) is -1.23. The molecule has 20 heavy (non-hydrogen) atoms. The Hall–Kier alpha value is -1.44. The average molecular weight is 298 g/mol. The molecule has 6 nitrogen and oxygen atoms in total. The molecule has 2 atom stereocenters. The Bertz CT molecular complexity index is 498. The summed E-state index contributed by atoms with van der Waals surface area (Å²) in [6.45, 7) is 0.655. The van der Waals surface area contributed by atoms with Crippen LogP contribution in [0.25, 0.3) is 0 Å². The number of nitrogens with two attached hydrogens (primary N) is 1. The van der Waals surface area contributed by atoms with Crippen LogP contribution in [0.3, 0.4) is 0 Å². The van der Waals surface area contributed by atoms with Gasteiger partial charge in [-0.05, 0) is 23.4 Å². The molecule has 2 rings (SSSR count). The first-order valence-electron chi connectivity index (χ1n) is 6.39. The third-order valence-corrected chi connectivity index (χ3v) is 4.52. The van der Waals surface area contributed by atoms with Crippen LogP contribution >= 0.6 is 11.3 Å². The lowest BCUT2D eigenvalue weighted by atomic mass is 9.99. The van der Waals surface area contributed by atoms with Crippen LogP contribution in [0.1, 0.15) is 22.9 Å². The number of rotatable bonds is 5. The van der Waals surface area contributed by atoms with Crippen molar-refractivity contribution < 1.29 is 19.4 Å². The van der Waals surface area contributed by atoms with Crippen LogP contribution in [0.2, 0.25) is 0 Å². The van der Waals surface area contributed by atoms with Crippen LogP contribution in [0.5, 0.6) is 0 Å². The molecule has 0 radical (unpaired) electrons. The monoisotopic (exact) mass is 298 g/mol. The number of methoxy groups -OCH3 is 1. The highest BCUT2D eigenvalue weighted by molar-refractivity contribution is 7.10. The number of aliphatic carboxylic acids is 1. The van der Waals surface area contributed by atoms with Crippen molar-refractivity contribution in [2.45, 2.75) is 25.0 Å². The highest BCUT2D eigenvalue weighted by atomic mass is 32.1. The minimum atomic E-state index is -1.00. The Labute approximate surface area is 121 Å². The van der Waals surface area contributed by atoms with Gasteiger partial charge >= 0.3 is 5.97 Å². The zero-order valence-corrected chi connectivity index (χ0v) is 12.1. The van der Waals surface area contributed by atoms with Crippen molar-refractivity contribution in [3.05, 3.63) is 21.9 Å². The molecule has 0 fully saturated rings. The maximum absolute atomic E-state index is 12.3. The van der Waals surface area contributed by atoms with E-state index in [-0.39, 0.29) is 25.0 Å². The van der Waals surface area contributed by atoms with Gasteiger partial charge in [0.1, 0.15) is 0 Å². The van der Waals surface area contributed by atoms with Crippen molar-refractivity contribution >= 4 is 23.2 Å². The van der Waals surface area contributed by atoms with Crippen LogP contribution < -0.4 is 5.73 Å². The molecule has 1 aliphatic heterocycles. The molecule has 2 heterocycles. The third-order valence-electron chi connectivity index (χ3n) is 3.52. The number of amides is 1. The quantitative estimate of drug-likeness (QED) is 0.831. The number of thiophene rings is 1. The zero-order valence-electron chi connectivity index (χ0n) is 11.2. The molecule has 7 heteroatoms. The lowest BCUT2D eigenvalue weighted by molar-refractivity contribution is -0.152. The Morgan fingerprint density at radius 1 is 1.65 bits per heavy atom. The molecule has 1 aliphatic rings. The largest absolute Gasteiger partial charge is 0.479 e. The van der Waals surface area contributed by atoms with E-state index in [4.69, 9.17) is 10.5 Å². The second-order valence-electron chi connectivity index (χ2n) is 4.67. The number of fused-ring (bicyclic) bond motifs is 1. The Kier molecular flexibility index (Phi) is 4.74. The number of hydrogen-bond donors (Lipinski definition) is 2. The Morgan fingerprint density at radius 2 is 2.40 bits per heavy atom. The summed E-state index contributed by atoms with van der Waals surface area (Å²) in [6.07, 6.45) is 0.430. The summed E-state index contributed by atoms with van der Waals surface area (Å²) in [5.41, 5.74) is 6.23. The molecule has 0 aromatic carbocycles. The minimum absolute atomic E-state index is 0.107. The van der Waals surface area contributed by atoms with Crippen molar-refractivity contribution in [2.75, 3.05) is 20.2 Å². The summed E-state index contributed by atoms with van der Waals surface area (Å²) in [4.78, 5) is 26.3. The first-order chi connectivity index (χ1) is 9.58. The predicted molar refractivity (Wildman–Crippen MR) is 74.6 cm³/mol. The van der Waals surface area contributed by atoms with Gasteiger partial charge in [-0.15, -0.1) is 11.3 Å². The highest BCUT2D eigenvalue weighted by Gasteiger charge is 2.36. The van der Waals surface area contributed by atoms with Gasteiger partial charge in [0, 0.05) is 25.1 Å². The second-order valence-corrected chi connectivity index (χ2v) is 5.68. The van der Waals surface area contributed by atoms with Crippen molar-refractivity contribution in [2.24, 2.45) is 5.73 Å². The number of hydrogen-bond acceptors (Lipinski definition) is 5. The van der Waals surface area contributed by atoms with E-state index >= 15 is 0 Å². The van der Waals surface area contributed by atoms with E-state index in [1.807, 2.05) is 5.38 Å². The third kappa shape index (κ3) is 2.84. The SMILES string of the molecule is COC(CN)CC(=O)N1CCc2sccc2C1C(=O)O. The van der Waals surface area contributed by atoms with Crippen LogP contribution in [-0.2, 0) is 20.7 Å². The molecule has 0 saturated heterocycles. The fourth-order valence-electron chi connectivity index (χ4n) is 2.43. The van der Waals surface area contributed by atoms with Gasteiger partial charge in [-0.2, -0.15) is 0 Å². The van der Waals surface area contributed by atoms with Gasteiger partial charge < -0.3 is 20.5 Å². The molecular weight excluding hydrogens is 280 g/mol. The summed E-state index contributed by atoms with van der Waals surface area (Å²) in [6, 6.07) is 0.891. The molecule has 0 bridgehead atoms. The fourth-order valence-corrected chi connectivity index (χ4v) is 3.33. The molecule has 1 aromatic rings. The Morgan fingerprint density at radius 3 is 3.00 bits per heavy atom. The number of carbonyl (C=O) groups excluding carboxylic acids is 1. The topological polar surface area (TPSA) is 92.9 Å². The standard InChI is InChI=1S/C13H18N2O4S/c1-19-8(7-14)6-11(16)15-4-2-10-9(3-5-20-10)12(15)13(17)18/h3,5,8,12H,2,4,6-7,14H2,1H3,(H,17,18). The molecule has 2 unspecified atom stereocenters. The van der Waals surface area contributed by atoms with Gasteiger partial charge in [0.2, 0.25) is 5.91 Å². The number of ether oxygens (including phenoxy) is 1. The summed E-state index contributed by atoms with van der Waals surface area (Å²) < 4.78 is 5.09. The van der Waals surface area contributed by atoms with E-state index in [1.165, 1.54) is 23.3 Å². The van der Waals surface area contributed by atoms with E-state index in [2.05, 4.69) is 0 Å². The number of carbonyl (C=O) groups is 2. The van der Waals surface area contributed by atoms with Gasteiger partial charge in [-0.3, -0.25) is 4.79 Å². The fraction of sp³-hybridized carbons (Fsp3) is 0.538. The maximum Gasteiger partial charge on any atom is 0.331 e. The molecule has 1 amide bonds. The Balaban J connectivity index is 2.19. The first kappa shape index (κ1) is 15.0. The van der Waals surface area contributed by atoms with Crippen LogP contribution in [0.4, 0.5) is 0 Å². The van der Waals surface area contributed by atoms with Gasteiger partial charge in [0.25, 0.3) is 0 Å². The molecule has 0 saturated carbocycles. The predicted octanol–water partition coefficient (Wildman–Crippen LogP) is 0.622. The van der Waals surface area contributed by atoms with Gasteiger partial charge in [0.05, 0.1) is 12.5 Å². The van der Waals surface area contributed by atoms with E-state index in [1.54, 1.807) is 6.07 Å². The molecule has 3 N–H and O–H groups in total. The molecule has 0 spiro atoms. The summed E-state index contributed by atoms with van der Waals surface area (Å²) in [7, 11) is 1.49. The normalized spacial score (nSPS) is 19.5. The van der Waals surface area contributed by atoms with Gasteiger partial charge in [0.15, 0.2) is 6.04 Å². The van der Waals surface area contributed by atoms with Crippen molar-refractivity contribution in [3.63, 3.8) is 0 Å². The van der Waals surface area contributed by atoms with Crippen LogP contribution in [0, 0.1) is 0 Å². The zero-order chi connectivity index (χ0) is 14.7. The number of carboxylic acid groups (broad SMARTS) is 1. The maximum atomic E-state index is 12.3. The summed E-state index contributed by atoms with van der Waals surface area (Å²) >= 11 is 1.54. The summed E-state index contributed by atoms with van der Waals surface area (Å²) in [5, 5.41) is 11.3. The highest BCUT2D eigenvalue weighted by Crippen LogP contribution is 2.33. The second kappa shape index (κ2) is 6.34. The van der Waals surface area contributed by atoms with Crippen molar-refractivity contribution in [3.8, 4) is 0 Å². The minimum Gasteiger partial charge on any atom is -0.479 e. The number of nitrogens with zero attached hydrogens (tertiary/aromatic N) is 1. The van der Waals surface area contributed by atoms with Crippen molar-refractivity contribution in [1.29, 1.82) is 0 Å². The number of carboxylic acids is 1. The van der Waals surface area contributed by atoms with Crippen LogP contribution in [-0.4, -0.2) is 48.2 Å². The van der Waals surface area contributed by atoms with Crippen molar-refractivity contribution in [1.82, 2.24) is 4.90 Å². The molecule has 0 aliphatic carbocycles. The van der Waals surface area contributed by atoms with E-state index in [0.29, 0.717) is 13.0 Å². The average Bonchev–Trinajstić information content (AvgIpc) is 2.91. The van der Waals surface area contributed by atoms with E-state index in [9.17, 15) is 14.7 Å². The van der Waals surface area contributed by atoms with Gasteiger partial charge in [-0.25, -0.2) is 4.79 Å². The molecular formula is C13H18N2O4S. The van der Waals surface area contributed by atoms with Crippen LogP contribution in [0.15, 0.2) is 11.4 Å². The van der Waals surface area contributed by atoms with Gasteiger partial charge in [-0.1, -0.05) is 0 Å².